The van der Waals surface area contributed by atoms with Gasteiger partial charge in [-0.1, -0.05) is 17.3 Å². The number of methoxy groups -OCH3 is 1. The van der Waals surface area contributed by atoms with Crippen LogP contribution in [0.2, 0.25) is 0 Å². The summed E-state index contributed by atoms with van der Waals surface area (Å²) in [7, 11) is 1.69. The second kappa shape index (κ2) is 9.66. The minimum atomic E-state index is 0.557. The number of guanidine groups is 1. The predicted octanol–water partition coefficient (Wildman–Crippen LogP) is 2.38. The number of rotatable bonds is 8. The van der Waals surface area contributed by atoms with Gasteiger partial charge in [-0.3, -0.25) is 0 Å². The van der Waals surface area contributed by atoms with Gasteiger partial charge in [0.05, 0.1) is 13.7 Å². The molecule has 0 radical (unpaired) electrons. The normalized spacial score (nSPS) is 11.4. The van der Waals surface area contributed by atoms with E-state index in [4.69, 9.17) is 9.26 Å². The molecule has 7 heteroatoms. The molecule has 1 aromatic heterocycles. The van der Waals surface area contributed by atoms with Crippen molar-refractivity contribution in [2.75, 3.05) is 20.2 Å². The van der Waals surface area contributed by atoms with Crippen LogP contribution in [-0.2, 0) is 13.0 Å². The van der Waals surface area contributed by atoms with Crippen molar-refractivity contribution in [1.29, 1.82) is 0 Å². The van der Waals surface area contributed by atoms with Gasteiger partial charge in [-0.05, 0) is 38.8 Å². The zero-order valence-electron chi connectivity index (χ0n) is 15.4. The van der Waals surface area contributed by atoms with Crippen molar-refractivity contribution < 1.29 is 9.26 Å². The highest BCUT2D eigenvalue weighted by atomic mass is 16.5. The first-order valence-electron chi connectivity index (χ1n) is 8.57. The standard InChI is InChI=1S/C18H27N5O2/c1-5-19-18(20-10-6-7-17-22-14(3)23-25-17)21-12-15-9-8-13(2)11-16(15)24-4/h8-9,11H,5-7,10,12H2,1-4H3,(H2,19,20,21). The molecule has 0 saturated carbocycles. The number of aliphatic imine (C=N–C) groups is 1. The van der Waals surface area contributed by atoms with E-state index in [1.807, 2.05) is 26.8 Å². The molecule has 0 fully saturated rings. The fourth-order valence-corrected chi connectivity index (χ4v) is 2.38. The van der Waals surface area contributed by atoms with E-state index in [1.54, 1.807) is 7.11 Å². The molecule has 2 N–H and O–H groups in total. The van der Waals surface area contributed by atoms with Crippen molar-refractivity contribution >= 4 is 5.96 Å². The van der Waals surface area contributed by atoms with Crippen LogP contribution in [0.5, 0.6) is 5.75 Å². The van der Waals surface area contributed by atoms with E-state index in [2.05, 4.69) is 37.9 Å². The molecule has 0 atom stereocenters. The van der Waals surface area contributed by atoms with Crippen molar-refractivity contribution in [1.82, 2.24) is 20.8 Å². The molecule has 2 aromatic rings. The van der Waals surface area contributed by atoms with Crippen molar-refractivity contribution in [3.63, 3.8) is 0 Å². The third-order valence-corrected chi connectivity index (χ3v) is 3.62. The molecule has 1 heterocycles. The van der Waals surface area contributed by atoms with Gasteiger partial charge in [-0.2, -0.15) is 4.98 Å². The quantitative estimate of drug-likeness (QED) is 0.434. The van der Waals surface area contributed by atoms with Crippen LogP contribution in [0.15, 0.2) is 27.7 Å². The SMILES string of the molecule is CCNC(=NCc1ccc(C)cc1OC)NCCCc1nc(C)no1. The lowest BCUT2D eigenvalue weighted by Gasteiger charge is -2.12. The number of ether oxygens (including phenoxy) is 1. The number of aryl methyl sites for hydroxylation is 3. The molecule has 2 rings (SSSR count). The predicted molar refractivity (Wildman–Crippen MR) is 97.9 cm³/mol. The fraction of sp³-hybridized carbons (Fsp3) is 0.500. The van der Waals surface area contributed by atoms with Crippen LogP contribution in [0.1, 0.15) is 36.2 Å². The lowest BCUT2D eigenvalue weighted by atomic mass is 10.1. The molecule has 0 spiro atoms. The first-order chi connectivity index (χ1) is 12.1. The lowest BCUT2D eigenvalue weighted by molar-refractivity contribution is 0.372. The number of aromatic nitrogens is 2. The lowest BCUT2D eigenvalue weighted by Crippen LogP contribution is -2.37. The monoisotopic (exact) mass is 345 g/mol. The summed E-state index contributed by atoms with van der Waals surface area (Å²) in [5, 5.41) is 10.4. The second-order valence-electron chi connectivity index (χ2n) is 5.78. The molecule has 0 unspecified atom stereocenters. The van der Waals surface area contributed by atoms with E-state index in [1.165, 1.54) is 5.56 Å². The third-order valence-electron chi connectivity index (χ3n) is 3.62. The Balaban J connectivity index is 1.87. The first-order valence-corrected chi connectivity index (χ1v) is 8.57. The van der Waals surface area contributed by atoms with Crippen LogP contribution in [0.25, 0.3) is 0 Å². The number of hydrogen-bond acceptors (Lipinski definition) is 5. The van der Waals surface area contributed by atoms with Crippen LogP contribution in [0.4, 0.5) is 0 Å². The average molecular weight is 345 g/mol. The van der Waals surface area contributed by atoms with Crippen LogP contribution in [-0.4, -0.2) is 36.3 Å². The highest BCUT2D eigenvalue weighted by Gasteiger charge is 2.05. The van der Waals surface area contributed by atoms with Gasteiger partial charge >= 0.3 is 0 Å². The van der Waals surface area contributed by atoms with E-state index in [9.17, 15) is 0 Å². The average Bonchev–Trinajstić information content (AvgIpc) is 3.02. The summed E-state index contributed by atoms with van der Waals surface area (Å²) >= 11 is 0. The Morgan fingerprint density at radius 3 is 2.80 bits per heavy atom. The van der Waals surface area contributed by atoms with Gasteiger partial charge < -0.3 is 19.9 Å². The summed E-state index contributed by atoms with van der Waals surface area (Å²) < 4.78 is 10.5. The summed E-state index contributed by atoms with van der Waals surface area (Å²) in [5.74, 6) is 2.99. The maximum atomic E-state index is 5.43. The largest absolute Gasteiger partial charge is 0.496 e. The smallest absolute Gasteiger partial charge is 0.226 e. The van der Waals surface area contributed by atoms with E-state index in [-0.39, 0.29) is 0 Å². The molecular formula is C18H27N5O2. The summed E-state index contributed by atoms with van der Waals surface area (Å²) in [4.78, 5) is 8.83. The molecule has 0 bridgehead atoms. The van der Waals surface area contributed by atoms with Crippen LogP contribution in [0.3, 0.4) is 0 Å². The highest BCUT2D eigenvalue weighted by Crippen LogP contribution is 2.20. The number of nitrogens with one attached hydrogen (secondary N) is 2. The Hall–Kier alpha value is -2.57. The maximum Gasteiger partial charge on any atom is 0.226 e. The summed E-state index contributed by atoms with van der Waals surface area (Å²) in [6.45, 7) is 8.05. The van der Waals surface area contributed by atoms with Gasteiger partial charge in [0.1, 0.15) is 5.75 Å². The zero-order chi connectivity index (χ0) is 18.1. The Morgan fingerprint density at radius 1 is 1.28 bits per heavy atom. The molecule has 7 nitrogen and oxygen atoms in total. The van der Waals surface area contributed by atoms with E-state index in [0.29, 0.717) is 18.3 Å². The van der Waals surface area contributed by atoms with E-state index < -0.39 is 0 Å². The number of benzene rings is 1. The van der Waals surface area contributed by atoms with Crippen molar-refractivity contribution in [3.05, 3.63) is 41.0 Å². The van der Waals surface area contributed by atoms with Gasteiger partial charge in [0.2, 0.25) is 5.89 Å². The van der Waals surface area contributed by atoms with Gasteiger partial charge in [0, 0.05) is 25.1 Å². The van der Waals surface area contributed by atoms with Crippen molar-refractivity contribution in [3.8, 4) is 5.75 Å². The van der Waals surface area contributed by atoms with Crippen molar-refractivity contribution in [2.45, 2.75) is 40.2 Å². The summed E-state index contributed by atoms with van der Waals surface area (Å²) in [5.41, 5.74) is 2.23. The molecular weight excluding hydrogens is 318 g/mol. The topological polar surface area (TPSA) is 84.6 Å². The molecule has 0 aliphatic carbocycles. The van der Waals surface area contributed by atoms with Crippen molar-refractivity contribution in [2.24, 2.45) is 4.99 Å². The minimum absolute atomic E-state index is 0.557. The Bertz CT molecular complexity index is 697. The van der Waals surface area contributed by atoms with Gasteiger partial charge in [-0.15, -0.1) is 0 Å². The Morgan fingerprint density at radius 2 is 2.12 bits per heavy atom. The molecule has 25 heavy (non-hydrogen) atoms. The third kappa shape index (κ3) is 6.10. The molecule has 0 aliphatic rings. The van der Waals surface area contributed by atoms with Gasteiger partial charge in [-0.25, -0.2) is 4.99 Å². The van der Waals surface area contributed by atoms with Crippen LogP contribution in [0, 0.1) is 13.8 Å². The molecule has 0 aliphatic heterocycles. The highest BCUT2D eigenvalue weighted by molar-refractivity contribution is 5.79. The molecule has 1 aromatic carbocycles. The molecule has 136 valence electrons. The Kier molecular flexibility index (Phi) is 7.25. The number of nitrogens with zero attached hydrogens (tertiary/aromatic N) is 3. The molecule has 0 amide bonds. The number of hydrogen-bond donors (Lipinski definition) is 2. The Labute approximate surface area is 148 Å². The first kappa shape index (κ1) is 18.8. The van der Waals surface area contributed by atoms with E-state index in [0.717, 1.165) is 43.2 Å². The summed E-state index contributed by atoms with van der Waals surface area (Å²) in [6, 6.07) is 6.15. The maximum absolute atomic E-state index is 5.43. The van der Waals surface area contributed by atoms with E-state index >= 15 is 0 Å². The van der Waals surface area contributed by atoms with Crippen LogP contribution < -0.4 is 15.4 Å². The zero-order valence-corrected chi connectivity index (χ0v) is 15.4. The second-order valence-corrected chi connectivity index (χ2v) is 5.78. The minimum Gasteiger partial charge on any atom is -0.496 e. The summed E-state index contributed by atoms with van der Waals surface area (Å²) in [6.07, 6.45) is 1.64. The van der Waals surface area contributed by atoms with Gasteiger partial charge in [0.15, 0.2) is 11.8 Å². The molecule has 0 saturated heterocycles. The van der Waals surface area contributed by atoms with Crippen LogP contribution >= 0.6 is 0 Å². The van der Waals surface area contributed by atoms with Gasteiger partial charge in [0.25, 0.3) is 0 Å². The fourth-order valence-electron chi connectivity index (χ4n) is 2.38.